The molecular formula is C6H14NO8P. The fourth-order valence-corrected chi connectivity index (χ4v) is 1.79. The van der Waals surface area contributed by atoms with Crippen LogP contribution in [-0.4, -0.2) is 62.4 Å². The second-order valence-electron chi connectivity index (χ2n) is 3.38. The standard InChI is InChI=1S/C6H14NO8P/c7-3-5(10)4(9)2(1-8)14-6(3)15-16(11,12)13/h2-6,8-10H,1,7H2,(H2,11,12,13)/t2-,3+,4+,5+,6+/m0/s1. The maximum Gasteiger partial charge on any atom is 0.471 e. The Bertz CT molecular complexity index is 280. The first-order valence-corrected chi connectivity index (χ1v) is 5.91. The fraction of sp³-hybridized carbons (Fsp3) is 1.00. The van der Waals surface area contributed by atoms with Gasteiger partial charge < -0.3 is 35.6 Å². The molecule has 7 N–H and O–H groups in total. The lowest BCUT2D eigenvalue weighted by atomic mass is 9.98. The summed E-state index contributed by atoms with van der Waals surface area (Å²) in [6.07, 6.45) is -5.78. The summed E-state index contributed by atoms with van der Waals surface area (Å²) in [7, 11) is -4.83. The third-order valence-corrected chi connectivity index (χ3v) is 2.65. The molecule has 0 aliphatic carbocycles. The fourth-order valence-electron chi connectivity index (χ4n) is 1.33. The molecule has 9 nitrogen and oxygen atoms in total. The predicted molar refractivity (Wildman–Crippen MR) is 48.9 cm³/mol. The van der Waals surface area contributed by atoms with Gasteiger partial charge in [0.25, 0.3) is 0 Å². The number of phosphoric ester groups is 1. The average molecular weight is 259 g/mol. The average Bonchev–Trinajstić information content (AvgIpc) is 2.17. The van der Waals surface area contributed by atoms with Crippen molar-refractivity contribution in [2.45, 2.75) is 30.6 Å². The van der Waals surface area contributed by atoms with Gasteiger partial charge >= 0.3 is 7.82 Å². The first kappa shape index (κ1) is 14.0. The van der Waals surface area contributed by atoms with Gasteiger partial charge in [0.05, 0.1) is 12.6 Å². The summed E-state index contributed by atoms with van der Waals surface area (Å²) >= 11 is 0. The van der Waals surface area contributed by atoms with E-state index >= 15 is 0 Å². The zero-order chi connectivity index (χ0) is 12.5. The van der Waals surface area contributed by atoms with Crippen LogP contribution in [0.3, 0.4) is 0 Å². The third-order valence-electron chi connectivity index (χ3n) is 2.17. The summed E-state index contributed by atoms with van der Waals surface area (Å²) in [4.78, 5) is 17.1. The molecule has 0 aromatic carbocycles. The Labute approximate surface area is 90.6 Å². The molecule has 0 aromatic rings. The molecule has 1 aliphatic rings. The van der Waals surface area contributed by atoms with E-state index in [1.165, 1.54) is 0 Å². The number of ether oxygens (including phenoxy) is 1. The Morgan fingerprint density at radius 2 is 1.88 bits per heavy atom. The monoisotopic (exact) mass is 259 g/mol. The van der Waals surface area contributed by atoms with Crippen LogP contribution in [-0.2, 0) is 13.8 Å². The lowest BCUT2D eigenvalue weighted by Gasteiger charge is -2.40. The third kappa shape index (κ3) is 3.20. The normalized spacial score (nSPS) is 41.0. The largest absolute Gasteiger partial charge is 0.471 e. The molecule has 0 saturated carbocycles. The van der Waals surface area contributed by atoms with Gasteiger partial charge in [-0.3, -0.25) is 4.52 Å². The van der Waals surface area contributed by atoms with Crippen molar-refractivity contribution in [3.63, 3.8) is 0 Å². The topological polar surface area (TPSA) is 163 Å². The van der Waals surface area contributed by atoms with Crippen molar-refractivity contribution in [3.8, 4) is 0 Å². The van der Waals surface area contributed by atoms with Crippen LogP contribution in [0.4, 0.5) is 0 Å². The number of rotatable bonds is 3. The highest BCUT2D eigenvalue weighted by atomic mass is 31.2. The highest BCUT2D eigenvalue weighted by Gasteiger charge is 2.45. The minimum absolute atomic E-state index is 0.647. The molecule has 0 aromatic heterocycles. The van der Waals surface area contributed by atoms with E-state index in [9.17, 15) is 14.8 Å². The summed E-state index contributed by atoms with van der Waals surface area (Å²) in [5.74, 6) is 0. The lowest BCUT2D eigenvalue weighted by Crippen LogP contribution is -2.62. The number of phosphoric acid groups is 1. The van der Waals surface area contributed by atoms with E-state index in [-0.39, 0.29) is 0 Å². The molecule has 96 valence electrons. The van der Waals surface area contributed by atoms with Crippen LogP contribution >= 0.6 is 7.82 Å². The number of aliphatic hydroxyl groups excluding tert-OH is 3. The molecule has 1 fully saturated rings. The summed E-state index contributed by atoms with van der Waals surface area (Å²) < 4.78 is 19.5. The quantitative estimate of drug-likeness (QED) is 0.287. The second kappa shape index (κ2) is 5.05. The van der Waals surface area contributed by atoms with Crippen molar-refractivity contribution in [1.29, 1.82) is 0 Å². The molecule has 0 radical (unpaired) electrons. The molecule has 0 amide bonds. The highest BCUT2D eigenvalue weighted by molar-refractivity contribution is 7.46. The van der Waals surface area contributed by atoms with Crippen molar-refractivity contribution in [2.75, 3.05) is 6.61 Å². The van der Waals surface area contributed by atoms with Gasteiger partial charge in [-0.1, -0.05) is 0 Å². The maximum absolute atomic E-state index is 10.6. The van der Waals surface area contributed by atoms with Gasteiger partial charge in [-0.15, -0.1) is 0 Å². The van der Waals surface area contributed by atoms with Crippen molar-refractivity contribution >= 4 is 7.82 Å². The van der Waals surface area contributed by atoms with E-state index in [0.717, 1.165) is 0 Å². The van der Waals surface area contributed by atoms with Crippen LogP contribution in [0.2, 0.25) is 0 Å². The highest BCUT2D eigenvalue weighted by Crippen LogP contribution is 2.40. The SMILES string of the molecule is N[C@H]1[C@@H](OP(=O)(O)O)O[C@@H](CO)[C@@H](O)[C@@H]1O. The Balaban J connectivity index is 2.75. The molecule has 0 bridgehead atoms. The van der Waals surface area contributed by atoms with Gasteiger partial charge in [-0.25, -0.2) is 4.57 Å². The van der Waals surface area contributed by atoms with Crippen molar-refractivity contribution in [2.24, 2.45) is 5.73 Å². The number of hydrogen-bond acceptors (Lipinski definition) is 7. The molecule has 16 heavy (non-hydrogen) atoms. The minimum Gasteiger partial charge on any atom is -0.394 e. The van der Waals surface area contributed by atoms with E-state index in [0.29, 0.717) is 0 Å². The van der Waals surface area contributed by atoms with E-state index in [4.69, 9.17) is 25.4 Å². The zero-order valence-corrected chi connectivity index (χ0v) is 8.97. The van der Waals surface area contributed by atoms with Crippen LogP contribution < -0.4 is 5.73 Å². The van der Waals surface area contributed by atoms with Crippen molar-refractivity contribution < 1.29 is 38.9 Å². The minimum atomic E-state index is -4.83. The van der Waals surface area contributed by atoms with Crippen molar-refractivity contribution in [1.82, 2.24) is 0 Å². The van der Waals surface area contributed by atoms with Gasteiger partial charge in [0.15, 0.2) is 6.29 Å². The van der Waals surface area contributed by atoms with Crippen LogP contribution in [0.5, 0.6) is 0 Å². The summed E-state index contributed by atoms with van der Waals surface area (Å²) in [6, 6.07) is -1.33. The van der Waals surface area contributed by atoms with Gasteiger partial charge in [-0.2, -0.15) is 0 Å². The van der Waals surface area contributed by atoms with Crippen LogP contribution in [0.1, 0.15) is 0 Å². The Hall–Kier alpha value is -0.0900. The second-order valence-corrected chi connectivity index (χ2v) is 4.57. The van der Waals surface area contributed by atoms with E-state index in [1.807, 2.05) is 0 Å². The number of aliphatic hydroxyl groups is 3. The molecule has 1 saturated heterocycles. The molecule has 10 heteroatoms. The van der Waals surface area contributed by atoms with Gasteiger partial charge in [0.1, 0.15) is 18.3 Å². The Morgan fingerprint density at radius 1 is 1.31 bits per heavy atom. The van der Waals surface area contributed by atoms with Crippen LogP contribution in [0, 0.1) is 0 Å². The van der Waals surface area contributed by atoms with Gasteiger partial charge in [0.2, 0.25) is 0 Å². The van der Waals surface area contributed by atoms with Gasteiger partial charge in [-0.05, 0) is 0 Å². The Morgan fingerprint density at radius 3 is 2.31 bits per heavy atom. The summed E-state index contributed by atoms with van der Waals surface area (Å²) in [5, 5.41) is 27.6. The zero-order valence-electron chi connectivity index (χ0n) is 8.08. The number of hydrogen-bond donors (Lipinski definition) is 6. The van der Waals surface area contributed by atoms with Crippen molar-refractivity contribution in [3.05, 3.63) is 0 Å². The molecular weight excluding hydrogens is 245 g/mol. The molecule has 1 aliphatic heterocycles. The molecule has 5 atom stereocenters. The van der Waals surface area contributed by atoms with E-state index < -0.39 is 45.1 Å². The van der Waals surface area contributed by atoms with E-state index in [1.54, 1.807) is 0 Å². The molecule has 1 heterocycles. The first-order valence-electron chi connectivity index (χ1n) is 4.38. The lowest BCUT2D eigenvalue weighted by molar-refractivity contribution is -0.242. The maximum atomic E-state index is 10.6. The van der Waals surface area contributed by atoms with E-state index in [2.05, 4.69) is 4.52 Å². The molecule has 0 spiro atoms. The van der Waals surface area contributed by atoms with Crippen LogP contribution in [0.25, 0.3) is 0 Å². The first-order chi connectivity index (χ1) is 7.26. The Kier molecular flexibility index (Phi) is 4.41. The summed E-state index contributed by atoms with van der Waals surface area (Å²) in [6.45, 7) is -0.647. The smallest absolute Gasteiger partial charge is 0.394 e. The number of nitrogens with two attached hydrogens (primary N) is 1. The van der Waals surface area contributed by atoms with Gasteiger partial charge in [0, 0.05) is 0 Å². The predicted octanol–water partition coefficient (Wildman–Crippen LogP) is -3.14. The summed E-state index contributed by atoms with van der Waals surface area (Å²) in [5.41, 5.74) is 5.35. The molecule has 0 unspecified atom stereocenters. The molecule has 1 rings (SSSR count). The van der Waals surface area contributed by atoms with Crippen LogP contribution in [0.15, 0.2) is 0 Å².